The number of sulfonamides is 1. The first kappa shape index (κ1) is 21.1. The molecule has 27 heavy (non-hydrogen) atoms. The molecule has 0 heterocycles. The Morgan fingerprint density at radius 2 is 1.89 bits per heavy atom. The molecule has 0 bridgehead atoms. The Morgan fingerprint density at radius 1 is 1.19 bits per heavy atom. The zero-order chi connectivity index (χ0) is 20.2. The van der Waals surface area contributed by atoms with Crippen molar-refractivity contribution < 1.29 is 17.9 Å². The van der Waals surface area contributed by atoms with Gasteiger partial charge < -0.3 is 10.1 Å². The Morgan fingerprint density at radius 3 is 2.52 bits per heavy atom. The highest BCUT2D eigenvalue weighted by Crippen LogP contribution is 2.27. The van der Waals surface area contributed by atoms with E-state index in [1.54, 1.807) is 18.2 Å². The lowest BCUT2D eigenvalue weighted by Crippen LogP contribution is -2.22. The molecule has 0 spiro atoms. The number of anilines is 1. The summed E-state index contributed by atoms with van der Waals surface area (Å²) in [5.74, 6) is -0.0703. The molecule has 2 rings (SSSR count). The molecule has 6 nitrogen and oxygen atoms in total. The number of methoxy groups -OCH3 is 1. The Bertz CT molecular complexity index is 985. The first-order valence-corrected chi connectivity index (χ1v) is 10.2. The van der Waals surface area contributed by atoms with E-state index in [1.165, 1.54) is 33.3 Å². The standard InChI is InChI=1S/C19H21BrN2O4S/c1-13-5-8-15(20)12-16(13)21-19(23)10-7-14-6-9-17(26-4)18(11-14)27(24,25)22(2)3/h5-12H,1-4H3,(H,21,23)/b10-7+. The molecule has 0 radical (unpaired) electrons. The van der Waals surface area contributed by atoms with Gasteiger partial charge in [0.25, 0.3) is 0 Å². The van der Waals surface area contributed by atoms with E-state index in [-0.39, 0.29) is 16.6 Å². The SMILES string of the molecule is COc1ccc(/C=C/C(=O)Nc2cc(Br)ccc2C)cc1S(=O)(=O)N(C)C. The smallest absolute Gasteiger partial charge is 0.248 e. The summed E-state index contributed by atoms with van der Waals surface area (Å²) in [6.07, 6.45) is 2.91. The first-order valence-electron chi connectivity index (χ1n) is 8.01. The summed E-state index contributed by atoms with van der Waals surface area (Å²) in [5.41, 5.74) is 2.20. The predicted octanol–water partition coefficient (Wildman–Crippen LogP) is 3.67. The molecule has 0 aliphatic heterocycles. The molecule has 2 aromatic carbocycles. The van der Waals surface area contributed by atoms with Gasteiger partial charge in [-0.15, -0.1) is 0 Å². The van der Waals surface area contributed by atoms with Crippen LogP contribution in [0.5, 0.6) is 5.75 Å². The van der Waals surface area contributed by atoms with E-state index in [0.717, 1.165) is 14.3 Å². The molecular weight excluding hydrogens is 432 g/mol. The molecule has 2 aromatic rings. The van der Waals surface area contributed by atoms with E-state index in [2.05, 4.69) is 21.2 Å². The van der Waals surface area contributed by atoms with Crippen LogP contribution in [0.3, 0.4) is 0 Å². The summed E-state index contributed by atoms with van der Waals surface area (Å²) in [4.78, 5) is 12.2. The molecule has 8 heteroatoms. The second kappa shape index (κ2) is 8.69. The maximum Gasteiger partial charge on any atom is 0.248 e. The summed E-state index contributed by atoms with van der Waals surface area (Å²) in [6, 6.07) is 10.3. The number of aryl methyl sites for hydroxylation is 1. The number of nitrogens with one attached hydrogen (secondary N) is 1. The minimum Gasteiger partial charge on any atom is -0.495 e. The van der Waals surface area contributed by atoms with Gasteiger partial charge in [-0.3, -0.25) is 4.79 Å². The van der Waals surface area contributed by atoms with Crippen LogP contribution in [-0.2, 0) is 14.8 Å². The largest absolute Gasteiger partial charge is 0.495 e. The molecule has 144 valence electrons. The highest BCUT2D eigenvalue weighted by atomic mass is 79.9. The van der Waals surface area contributed by atoms with Gasteiger partial charge in [0.15, 0.2) is 0 Å². The van der Waals surface area contributed by atoms with Crippen LogP contribution in [0.15, 0.2) is 51.8 Å². The van der Waals surface area contributed by atoms with Gasteiger partial charge in [-0.05, 0) is 48.4 Å². The molecule has 0 saturated heterocycles. The highest BCUT2D eigenvalue weighted by Gasteiger charge is 2.22. The number of hydrogen-bond donors (Lipinski definition) is 1. The number of benzene rings is 2. The predicted molar refractivity (Wildman–Crippen MR) is 110 cm³/mol. The zero-order valence-electron chi connectivity index (χ0n) is 15.5. The number of nitrogens with zero attached hydrogens (tertiary/aromatic N) is 1. The normalized spacial score (nSPS) is 11.8. The Balaban J connectivity index is 2.26. The van der Waals surface area contributed by atoms with E-state index < -0.39 is 10.0 Å². The highest BCUT2D eigenvalue weighted by molar-refractivity contribution is 9.10. The number of ether oxygens (including phenoxy) is 1. The van der Waals surface area contributed by atoms with Gasteiger partial charge in [-0.25, -0.2) is 12.7 Å². The first-order chi connectivity index (χ1) is 12.6. The van der Waals surface area contributed by atoms with E-state index in [1.807, 2.05) is 25.1 Å². The lowest BCUT2D eigenvalue weighted by Gasteiger charge is -2.15. The second-order valence-electron chi connectivity index (χ2n) is 5.98. The minimum atomic E-state index is -3.67. The van der Waals surface area contributed by atoms with Crippen LogP contribution in [0.25, 0.3) is 6.08 Å². The monoisotopic (exact) mass is 452 g/mol. The molecule has 0 atom stereocenters. The number of rotatable bonds is 6. The number of hydrogen-bond acceptors (Lipinski definition) is 4. The Kier molecular flexibility index (Phi) is 6.80. The molecule has 0 aliphatic carbocycles. The van der Waals surface area contributed by atoms with Crippen molar-refractivity contribution in [2.75, 3.05) is 26.5 Å². The number of carbonyl (C=O) groups is 1. The summed E-state index contributed by atoms with van der Waals surface area (Å²) in [7, 11) is 0.638. The molecule has 0 aromatic heterocycles. The van der Waals surface area contributed by atoms with Crippen LogP contribution in [0, 0.1) is 6.92 Å². The van der Waals surface area contributed by atoms with Gasteiger partial charge in [0.1, 0.15) is 10.6 Å². The van der Waals surface area contributed by atoms with E-state index in [9.17, 15) is 13.2 Å². The van der Waals surface area contributed by atoms with Gasteiger partial charge in [0.05, 0.1) is 7.11 Å². The third-order valence-corrected chi connectivity index (χ3v) is 6.16. The molecular formula is C19H21BrN2O4S. The van der Waals surface area contributed by atoms with Crippen molar-refractivity contribution in [3.05, 3.63) is 58.1 Å². The van der Waals surface area contributed by atoms with E-state index >= 15 is 0 Å². The topological polar surface area (TPSA) is 75.7 Å². The lowest BCUT2D eigenvalue weighted by molar-refractivity contribution is -0.111. The van der Waals surface area contributed by atoms with Crippen molar-refractivity contribution in [1.82, 2.24) is 4.31 Å². The second-order valence-corrected chi connectivity index (χ2v) is 9.02. The van der Waals surface area contributed by atoms with Crippen molar-refractivity contribution in [1.29, 1.82) is 0 Å². The Hall–Kier alpha value is -2.16. The number of halogens is 1. The molecule has 0 unspecified atom stereocenters. The molecule has 0 saturated carbocycles. The van der Waals surface area contributed by atoms with Crippen molar-refractivity contribution in [3.63, 3.8) is 0 Å². The van der Waals surface area contributed by atoms with Gasteiger partial charge >= 0.3 is 0 Å². The quantitative estimate of drug-likeness (QED) is 0.678. The van der Waals surface area contributed by atoms with Gasteiger partial charge in [0, 0.05) is 30.3 Å². The van der Waals surface area contributed by atoms with Crippen LogP contribution in [-0.4, -0.2) is 39.8 Å². The fourth-order valence-corrected chi connectivity index (χ4v) is 3.72. The maximum atomic E-state index is 12.5. The summed E-state index contributed by atoms with van der Waals surface area (Å²) in [5, 5.41) is 2.80. The van der Waals surface area contributed by atoms with Gasteiger partial charge in [-0.1, -0.05) is 28.1 Å². The van der Waals surface area contributed by atoms with Crippen molar-refractivity contribution in [2.45, 2.75) is 11.8 Å². The fourth-order valence-electron chi connectivity index (χ4n) is 2.27. The fraction of sp³-hybridized carbons (Fsp3) is 0.211. The molecule has 1 N–H and O–H groups in total. The van der Waals surface area contributed by atoms with E-state index in [0.29, 0.717) is 11.3 Å². The third-order valence-electron chi connectivity index (χ3n) is 3.83. The maximum absolute atomic E-state index is 12.5. The number of amides is 1. The average Bonchev–Trinajstić information content (AvgIpc) is 2.62. The minimum absolute atomic E-state index is 0.0420. The van der Waals surface area contributed by atoms with E-state index in [4.69, 9.17) is 4.74 Å². The summed E-state index contributed by atoms with van der Waals surface area (Å²) >= 11 is 3.37. The van der Waals surface area contributed by atoms with Gasteiger partial charge in [0.2, 0.25) is 15.9 Å². The zero-order valence-corrected chi connectivity index (χ0v) is 17.9. The average molecular weight is 453 g/mol. The molecule has 0 fully saturated rings. The van der Waals surface area contributed by atoms with Crippen LogP contribution >= 0.6 is 15.9 Å². The van der Waals surface area contributed by atoms with Crippen LogP contribution in [0.2, 0.25) is 0 Å². The third kappa shape index (κ3) is 5.18. The van der Waals surface area contributed by atoms with Crippen molar-refractivity contribution in [3.8, 4) is 5.75 Å². The Labute approximate surface area is 168 Å². The molecule has 1 amide bonds. The van der Waals surface area contributed by atoms with Gasteiger partial charge in [-0.2, -0.15) is 0 Å². The van der Waals surface area contributed by atoms with Crippen molar-refractivity contribution in [2.24, 2.45) is 0 Å². The van der Waals surface area contributed by atoms with Crippen LogP contribution in [0.4, 0.5) is 5.69 Å². The molecule has 0 aliphatic rings. The number of carbonyl (C=O) groups excluding carboxylic acids is 1. The lowest BCUT2D eigenvalue weighted by atomic mass is 10.2. The summed E-state index contributed by atoms with van der Waals surface area (Å²) < 4.78 is 32.0. The van der Waals surface area contributed by atoms with Crippen LogP contribution in [0.1, 0.15) is 11.1 Å². The van der Waals surface area contributed by atoms with Crippen LogP contribution < -0.4 is 10.1 Å². The summed E-state index contributed by atoms with van der Waals surface area (Å²) in [6.45, 7) is 1.90. The van der Waals surface area contributed by atoms with Crippen molar-refractivity contribution >= 4 is 43.6 Å².